The summed E-state index contributed by atoms with van der Waals surface area (Å²) in [6.07, 6.45) is 5.51. The zero-order chi connectivity index (χ0) is 13.5. The molecule has 1 heterocycles. The third kappa shape index (κ3) is 2.47. The van der Waals surface area contributed by atoms with E-state index in [0.29, 0.717) is 0 Å². The Morgan fingerprint density at radius 1 is 1.15 bits per heavy atom. The first-order chi connectivity index (χ1) is 9.81. The van der Waals surface area contributed by atoms with Crippen LogP contribution in [0.4, 0.5) is 0 Å². The molecule has 2 N–H and O–H groups in total. The highest BCUT2D eigenvalue weighted by molar-refractivity contribution is 5.94. The Balaban J connectivity index is 1.39. The molecule has 0 aromatic heterocycles. The number of amides is 1. The van der Waals surface area contributed by atoms with Crippen LogP contribution in [-0.2, 0) is 13.1 Å². The monoisotopic (exact) mass is 270 g/mol. The molecule has 106 valence electrons. The number of hydrogen-bond donors (Lipinski definition) is 2. The molecule has 1 aliphatic heterocycles. The molecule has 4 rings (SSSR count). The Morgan fingerprint density at radius 3 is 2.55 bits per heavy atom. The van der Waals surface area contributed by atoms with Gasteiger partial charge in [-0.1, -0.05) is 6.07 Å². The first-order valence-corrected chi connectivity index (χ1v) is 7.92. The van der Waals surface area contributed by atoms with Crippen molar-refractivity contribution in [1.82, 2.24) is 10.6 Å². The molecule has 2 fully saturated rings. The van der Waals surface area contributed by atoms with Crippen LogP contribution in [0.2, 0.25) is 0 Å². The lowest BCUT2D eigenvalue weighted by Gasteiger charge is -2.16. The van der Waals surface area contributed by atoms with Gasteiger partial charge in [-0.25, -0.2) is 0 Å². The van der Waals surface area contributed by atoms with Gasteiger partial charge in [-0.15, -0.1) is 0 Å². The zero-order valence-electron chi connectivity index (χ0n) is 11.8. The van der Waals surface area contributed by atoms with Crippen LogP contribution in [0.1, 0.15) is 47.2 Å². The zero-order valence-corrected chi connectivity index (χ0v) is 11.8. The van der Waals surface area contributed by atoms with E-state index in [1.807, 2.05) is 12.1 Å². The fraction of sp³-hybridized carbons (Fsp3) is 0.588. The molecule has 3 heteroatoms. The minimum absolute atomic E-state index is 0.103. The molecule has 2 aliphatic carbocycles. The number of carbonyl (C=O) groups is 1. The van der Waals surface area contributed by atoms with Gasteiger partial charge in [-0.2, -0.15) is 0 Å². The molecular weight excluding hydrogens is 248 g/mol. The molecule has 0 radical (unpaired) electrons. The van der Waals surface area contributed by atoms with Gasteiger partial charge in [-0.3, -0.25) is 4.79 Å². The Hall–Kier alpha value is -1.35. The van der Waals surface area contributed by atoms with E-state index >= 15 is 0 Å². The highest BCUT2D eigenvalue weighted by Gasteiger charge is 2.41. The lowest BCUT2D eigenvalue weighted by molar-refractivity contribution is 0.0943. The second kappa shape index (κ2) is 4.88. The number of nitrogens with one attached hydrogen (secondary N) is 2. The molecule has 1 amide bonds. The van der Waals surface area contributed by atoms with E-state index in [4.69, 9.17) is 0 Å². The summed E-state index contributed by atoms with van der Waals surface area (Å²) in [5, 5.41) is 6.49. The summed E-state index contributed by atoms with van der Waals surface area (Å²) < 4.78 is 0. The third-order valence-corrected chi connectivity index (χ3v) is 5.05. The van der Waals surface area contributed by atoms with Gasteiger partial charge in [-0.05, 0) is 66.7 Å². The van der Waals surface area contributed by atoms with E-state index in [1.165, 1.54) is 36.8 Å². The van der Waals surface area contributed by atoms with Gasteiger partial charge in [0.15, 0.2) is 0 Å². The van der Waals surface area contributed by atoms with Crippen LogP contribution >= 0.6 is 0 Å². The molecule has 0 atom stereocenters. The van der Waals surface area contributed by atoms with Crippen molar-refractivity contribution in [2.24, 2.45) is 17.8 Å². The Morgan fingerprint density at radius 2 is 1.85 bits per heavy atom. The summed E-state index contributed by atoms with van der Waals surface area (Å²) in [7, 11) is 0. The Bertz CT molecular complexity index is 520. The van der Waals surface area contributed by atoms with Crippen LogP contribution < -0.4 is 10.6 Å². The highest BCUT2D eigenvalue weighted by atomic mass is 16.1. The van der Waals surface area contributed by atoms with Crippen LogP contribution in [0.5, 0.6) is 0 Å². The molecule has 2 saturated carbocycles. The van der Waals surface area contributed by atoms with Crippen LogP contribution in [0, 0.1) is 17.8 Å². The van der Waals surface area contributed by atoms with Crippen LogP contribution in [0.25, 0.3) is 0 Å². The van der Waals surface area contributed by atoms with Crippen molar-refractivity contribution in [1.29, 1.82) is 0 Å². The van der Waals surface area contributed by atoms with Crippen molar-refractivity contribution in [3.63, 3.8) is 0 Å². The van der Waals surface area contributed by atoms with Crippen LogP contribution in [0.3, 0.4) is 0 Å². The average Bonchev–Trinajstić information content (AvgIpc) is 3.38. The molecule has 20 heavy (non-hydrogen) atoms. The summed E-state index contributed by atoms with van der Waals surface area (Å²) in [5.74, 6) is 2.64. The standard InChI is InChI=1S/C17H22N2O/c20-17(13-5-6-14-8-18-9-15(14)7-13)19-10-16(11-1-2-11)12-3-4-12/h5-7,11-12,16,18H,1-4,8-10H2,(H,19,20). The highest BCUT2D eigenvalue weighted by Crippen LogP contribution is 2.48. The Labute approximate surface area is 120 Å². The van der Waals surface area contributed by atoms with Crippen LogP contribution in [0.15, 0.2) is 18.2 Å². The lowest BCUT2D eigenvalue weighted by Crippen LogP contribution is -2.31. The van der Waals surface area contributed by atoms with E-state index in [9.17, 15) is 4.79 Å². The number of hydrogen-bond acceptors (Lipinski definition) is 2. The van der Waals surface area contributed by atoms with E-state index in [1.54, 1.807) is 0 Å². The van der Waals surface area contributed by atoms with Crippen molar-refractivity contribution in [3.8, 4) is 0 Å². The molecule has 3 nitrogen and oxygen atoms in total. The minimum Gasteiger partial charge on any atom is -0.352 e. The number of rotatable bonds is 5. The summed E-state index contributed by atoms with van der Waals surface area (Å²) in [5.41, 5.74) is 3.42. The van der Waals surface area contributed by atoms with Gasteiger partial charge >= 0.3 is 0 Å². The fourth-order valence-corrected chi connectivity index (χ4v) is 3.52. The molecule has 1 aromatic carbocycles. The molecule has 0 saturated heterocycles. The van der Waals surface area contributed by atoms with Crippen molar-refractivity contribution in [2.75, 3.05) is 6.54 Å². The summed E-state index contributed by atoms with van der Waals surface area (Å²) in [6.45, 7) is 2.70. The van der Waals surface area contributed by atoms with E-state index < -0.39 is 0 Å². The number of benzene rings is 1. The summed E-state index contributed by atoms with van der Waals surface area (Å²) in [6, 6.07) is 6.10. The van der Waals surface area contributed by atoms with Crippen molar-refractivity contribution < 1.29 is 4.79 Å². The summed E-state index contributed by atoms with van der Waals surface area (Å²) >= 11 is 0. The maximum atomic E-state index is 12.3. The molecule has 0 bridgehead atoms. The maximum absolute atomic E-state index is 12.3. The normalized spacial score (nSPS) is 21.1. The van der Waals surface area contributed by atoms with E-state index in [0.717, 1.165) is 43.0 Å². The predicted molar refractivity (Wildman–Crippen MR) is 78.3 cm³/mol. The largest absolute Gasteiger partial charge is 0.352 e. The molecular formula is C17H22N2O. The van der Waals surface area contributed by atoms with Gasteiger partial charge in [0.2, 0.25) is 0 Å². The third-order valence-electron chi connectivity index (χ3n) is 5.05. The van der Waals surface area contributed by atoms with Crippen molar-refractivity contribution in [2.45, 2.75) is 38.8 Å². The van der Waals surface area contributed by atoms with Gasteiger partial charge < -0.3 is 10.6 Å². The van der Waals surface area contributed by atoms with Gasteiger partial charge in [0.1, 0.15) is 0 Å². The van der Waals surface area contributed by atoms with E-state index in [2.05, 4.69) is 16.7 Å². The molecule has 0 unspecified atom stereocenters. The summed E-state index contributed by atoms with van der Waals surface area (Å²) in [4.78, 5) is 12.3. The average molecular weight is 270 g/mol. The second-order valence-corrected chi connectivity index (χ2v) is 6.64. The SMILES string of the molecule is O=C(NCC(C1CC1)C1CC1)c1ccc2c(c1)CNC2. The fourth-order valence-electron chi connectivity index (χ4n) is 3.52. The Kier molecular flexibility index (Phi) is 3.03. The minimum atomic E-state index is 0.103. The van der Waals surface area contributed by atoms with Gasteiger partial charge in [0.05, 0.1) is 0 Å². The van der Waals surface area contributed by atoms with Crippen molar-refractivity contribution in [3.05, 3.63) is 34.9 Å². The van der Waals surface area contributed by atoms with Crippen molar-refractivity contribution >= 4 is 5.91 Å². The lowest BCUT2D eigenvalue weighted by atomic mass is 9.97. The number of fused-ring (bicyclic) bond motifs is 1. The second-order valence-electron chi connectivity index (χ2n) is 6.64. The van der Waals surface area contributed by atoms with Crippen LogP contribution in [-0.4, -0.2) is 12.5 Å². The quantitative estimate of drug-likeness (QED) is 0.863. The first-order valence-electron chi connectivity index (χ1n) is 7.92. The first kappa shape index (κ1) is 12.4. The molecule has 3 aliphatic rings. The smallest absolute Gasteiger partial charge is 0.251 e. The molecule has 0 spiro atoms. The molecule has 1 aromatic rings. The maximum Gasteiger partial charge on any atom is 0.251 e. The number of carbonyl (C=O) groups excluding carboxylic acids is 1. The topological polar surface area (TPSA) is 41.1 Å². The predicted octanol–water partition coefficient (Wildman–Crippen LogP) is 2.46. The van der Waals surface area contributed by atoms with E-state index in [-0.39, 0.29) is 5.91 Å². The van der Waals surface area contributed by atoms with Gasteiger partial charge in [0, 0.05) is 25.2 Å². The van der Waals surface area contributed by atoms with Gasteiger partial charge in [0.25, 0.3) is 5.91 Å².